The Morgan fingerprint density at radius 3 is 2.54 bits per heavy atom. The predicted octanol–water partition coefficient (Wildman–Crippen LogP) is 2.25. The maximum absolute atomic E-state index is 12.8. The molecule has 0 atom stereocenters. The summed E-state index contributed by atoms with van der Waals surface area (Å²) in [7, 11) is 0. The van der Waals surface area contributed by atoms with Crippen molar-refractivity contribution in [2.24, 2.45) is 0 Å². The standard InChI is InChI=1S/C16H18N4O2S2/c1-23-14-12(4-2-5-17-14)15(21)19-6-3-7-20(9-8-19)16(22)13-10-24-11-18-13/h2,4-5,10-11H,3,6-9H2,1H3. The van der Waals surface area contributed by atoms with E-state index in [0.29, 0.717) is 37.4 Å². The fourth-order valence-corrected chi connectivity index (χ4v) is 3.76. The van der Waals surface area contributed by atoms with Crippen LogP contribution in [0.4, 0.5) is 0 Å². The molecule has 3 heterocycles. The predicted molar refractivity (Wildman–Crippen MR) is 94.6 cm³/mol. The van der Waals surface area contributed by atoms with Gasteiger partial charge in [-0.3, -0.25) is 9.59 Å². The highest BCUT2D eigenvalue weighted by Crippen LogP contribution is 2.19. The van der Waals surface area contributed by atoms with Crippen molar-refractivity contribution in [3.8, 4) is 0 Å². The Labute approximate surface area is 148 Å². The molecule has 0 bridgehead atoms. The molecule has 0 aromatic carbocycles. The number of thiazole rings is 1. The van der Waals surface area contributed by atoms with Gasteiger partial charge in [0.15, 0.2) is 0 Å². The number of amides is 2. The quantitative estimate of drug-likeness (QED) is 0.784. The Kier molecular flexibility index (Phi) is 5.47. The number of nitrogens with zero attached hydrogens (tertiary/aromatic N) is 4. The summed E-state index contributed by atoms with van der Waals surface area (Å²) in [5, 5.41) is 2.50. The van der Waals surface area contributed by atoms with Crippen LogP contribution >= 0.6 is 23.1 Å². The maximum atomic E-state index is 12.8. The molecule has 24 heavy (non-hydrogen) atoms. The SMILES string of the molecule is CSc1ncccc1C(=O)N1CCCN(C(=O)c2cscn2)CC1. The minimum absolute atomic E-state index is 0.0181. The summed E-state index contributed by atoms with van der Waals surface area (Å²) in [6, 6.07) is 3.59. The molecule has 2 aromatic rings. The Hall–Kier alpha value is -1.93. The zero-order chi connectivity index (χ0) is 16.9. The first-order chi connectivity index (χ1) is 11.7. The van der Waals surface area contributed by atoms with E-state index in [-0.39, 0.29) is 11.8 Å². The zero-order valence-electron chi connectivity index (χ0n) is 13.3. The Morgan fingerprint density at radius 2 is 1.88 bits per heavy atom. The third-order valence-electron chi connectivity index (χ3n) is 3.92. The van der Waals surface area contributed by atoms with Gasteiger partial charge in [-0.05, 0) is 24.8 Å². The average molecular weight is 362 g/mol. The van der Waals surface area contributed by atoms with Crippen molar-refractivity contribution < 1.29 is 9.59 Å². The van der Waals surface area contributed by atoms with Gasteiger partial charge in [0, 0.05) is 37.8 Å². The van der Waals surface area contributed by atoms with Gasteiger partial charge >= 0.3 is 0 Å². The second-order valence-electron chi connectivity index (χ2n) is 5.37. The Bertz CT molecular complexity index is 721. The van der Waals surface area contributed by atoms with E-state index in [1.807, 2.05) is 17.2 Å². The molecule has 1 fully saturated rings. The molecule has 1 saturated heterocycles. The van der Waals surface area contributed by atoms with Crippen LogP contribution in [0.3, 0.4) is 0 Å². The minimum atomic E-state index is -0.0586. The molecule has 3 rings (SSSR count). The summed E-state index contributed by atoms with van der Waals surface area (Å²) < 4.78 is 0. The van der Waals surface area contributed by atoms with Gasteiger partial charge in [0.05, 0.1) is 11.1 Å². The van der Waals surface area contributed by atoms with E-state index in [1.165, 1.54) is 23.1 Å². The minimum Gasteiger partial charge on any atom is -0.337 e. The summed E-state index contributed by atoms with van der Waals surface area (Å²) in [4.78, 5) is 37.1. The molecule has 0 spiro atoms. The van der Waals surface area contributed by atoms with Gasteiger partial charge in [-0.15, -0.1) is 23.1 Å². The zero-order valence-corrected chi connectivity index (χ0v) is 15.0. The van der Waals surface area contributed by atoms with E-state index in [1.54, 1.807) is 28.1 Å². The summed E-state index contributed by atoms with van der Waals surface area (Å²) in [5.74, 6) is -0.0767. The lowest BCUT2D eigenvalue weighted by atomic mass is 10.2. The highest BCUT2D eigenvalue weighted by atomic mass is 32.2. The fraction of sp³-hybridized carbons (Fsp3) is 0.375. The molecule has 0 radical (unpaired) electrons. The van der Waals surface area contributed by atoms with Crippen molar-refractivity contribution >= 4 is 34.9 Å². The first kappa shape index (κ1) is 16.9. The third-order valence-corrected chi connectivity index (χ3v) is 5.22. The number of carbonyl (C=O) groups is 2. The summed E-state index contributed by atoms with van der Waals surface area (Å²) in [6.07, 6.45) is 4.37. The second-order valence-corrected chi connectivity index (χ2v) is 6.89. The van der Waals surface area contributed by atoms with E-state index in [9.17, 15) is 9.59 Å². The van der Waals surface area contributed by atoms with Crippen LogP contribution in [0.1, 0.15) is 27.3 Å². The maximum Gasteiger partial charge on any atom is 0.273 e. The van der Waals surface area contributed by atoms with Gasteiger partial charge < -0.3 is 9.80 Å². The molecule has 2 amide bonds. The molecule has 0 unspecified atom stereocenters. The Balaban J connectivity index is 1.69. The Morgan fingerprint density at radius 1 is 1.12 bits per heavy atom. The molecule has 0 saturated carbocycles. The van der Waals surface area contributed by atoms with Crippen LogP contribution < -0.4 is 0 Å². The smallest absolute Gasteiger partial charge is 0.273 e. The van der Waals surface area contributed by atoms with Crippen molar-refractivity contribution in [3.05, 3.63) is 40.5 Å². The van der Waals surface area contributed by atoms with Crippen molar-refractivity contribution in [2.45, 2.75) is 11.4 Å². The molecular weight excluding hydrogens is 344 g/mol. The normalized spacial score (nSPS) is 15.2. The lowest BCUT2D eigenvalue weighted by molar-refractivity contribution is 0.0714. The fourth-order valence-electron chi connectivity index (χ4n) is 2.69. The monoisotopic (exact) mass is 362 g/mol. The van der Waals surface area contributed by atoms with Crippen LogP contribution in [0.2, 0.25) is 0 Å². The van der Waals surface area contributed by atoms with Crippen LogP contribution in [0.5, 0.6) is 0 Å². The van der Waals surface area contributed by atoms with E-state index in [2.05, 4.69) is 9.97 Å². The first-order valence-electron chi connectivity index (χ1n) is 7.66. The van der Waals surface area contributed by atoms with Crippen molar-refractivity contribution in [1.29, 1.82) is 0 Å². The van der Waals surface area contributed by atoms with E-state index >= 15 is 0 Å². The molecule has 0 aliphatic carbocycles. The number of rotatable bonds is 3. The van der Waals surface area contributed by atoms with Gasteiger partial charge in [0.1, 0.15) is 10.7 Å². The van der Waals surface area contributed by atoms with E-state index in [4.69, 9.17) is 0 Å². The molecule has 1 aliphatic rings. The van der Waals surface area contributed by atoms with Crippen LogP contribution in [0.25, 0.3) is 0 Å². The van der Waals surface area contributed by atoms with Gasteiger partial charge in [-0.25, -0.2) is 9.97 Å². The number of pyridine rings is 1. The van der Waals surface area contributed by atoms with E-state index < -0.39 is 0 Å². The van der Waals surface area contributed by atoms with Crippen molar-refractivity contribution in [1.82, 2.24) is 19.8 Å². The van der Waals surface area contributed by atoms with Gasteiger partial charge in [-0.1, -0.05) is 0 Å². The van der Waals surface area contributed by atoms with Crippen LogP contribution in [0.15, 0.2) is 34.2 Å². The highest BCUT2D eigenvalue weighted by Gasteiger charge is 2.25. The molecular formula is C16H18N4O2S2. The third kappa shape index (κ3) is 3.59. The number of carbonyl (C=O) groups excluding carboxylic acids is 2. The highest BCUT2D eigenvalue weighted by molar-refractivity contribution is 7.98. The summed E-state index contributed by atoms with van der Waals surface area (Å²) in [6.45, 7) is 2.33. The largest absolute Gasteiger partial charge is 0.337 e. The van der Waals surface area contributed by atoms with Crippen LogP contribution in [0, 0.1) is 0 Å². The van der Waals surface area contributed by atoms with Crippen molar-refractivity contribution in [2.75, 3.05) is 32.4 Å². The van der Waals surface area contributed by atoms with E-state index in [0.717, 1.165) is 11.4 Å². The molecule has 6 nitrogen and oxygen atoms in total. The summed E-state index contributed by atoms with van der Waals surface area (Å²) in [5.41, 5.74) is 2.77. The van der Waals surface area contributed by atoms with Crippen molar-refractivity contribution in [3.63, 3.8) is 0 Å². The lowest BCUT2D eigenvalue weighted by Crippen LogP contribution is -2.37. The van der Waals surface area contributed by atoms with Gasteiger partial charge in [0.2, 0.25) is 0 Å². The number of thioether (sulfide) groups is 1. The number of hydrogen-bond donors (Lipinski definition) is 0. The first-order valence-corrected chi connectivity index (χ1v) is 9.83. The van der Waals surface area contributed by atoms with Crippen LogP contribution in [-0.2, 0) is 0 Å². The van der Waals surface area contributed by atoms with Gasteiger partial charge in [0.25, 0.3) is 11.8 Å². The average Bonchev–Trinajstić information content (AvgIpc) is 3.05. The summed E-state index contributed by atoms with van der Waals surface area (Å²) >= 11 is 2.88. The topological polar surface area (TPSA) is 66.4 Å². The number of aromatic nitrogens is 2. The second kappa shape index (κ2) is 7.76. The molecule has 1 aliphatic heterocycles. The molecule has 8 heteroatoms. The molecule has 0 N–H and O–H groups in total. The molecule has 2 aromatic heterocycles. The lowest BCUT2D eigenvalue weighted by Gasteiger charge is -2.22. The number of hydrogen-bond acceptors (Lipinski definition) is 6. The van der Waals surface area contributed by atoms with Gasteiger partial charge in [-0.2, -0.15) is 0 Å². The van der Waals surface area contributed by atoms with Crippen LogP contribution in [-0.4, -0.2) is 64.0 Å². The molecule has 126 valence electrons.